The van der Waals surface area contributed by atoms with E-state index >= 15 is 0 Å². The lowest BCUT2D eigenvalue weighted by atomic mass is 9.95. The Kier molecular flexibility index (Phi) is 5.95. The summed E-state index contributed by atoms with van der Waals surface area (Å²) < 4.78 is 0. The van der Waals surface area contributed by atoms with Crippen LogP contribution in [0, 0.1) is 0 Å². The lowest BCUT2D eigenvalue weighted by Gasteiger charge is -2.21. The molecule has 3 N–H and O–H groups in total. The Morgan fingerprint density at radius 1 is 1.21 bits per heavy atom. The molecule has 24 heavy (non-hydrogen) atoms. The van der Waals surface area contributed by atoms with E-state index in [2.05, 4.69) is 0 Å². The summed E-state index contributed by atoms with van der Waals surface area (Å²) in [5, 5.41) is 9.41. The average molecular weight is 347 g/mol. The van der Waals surface area contributed by atoms with Gasteiger partial charge in [-0.25, -0.2) is 0 Å². The summed E-state index contributed by atoms with van der Waals surface area (Å²) in [5.41, 5.74) is 7.50. The molecule has 2 rings (SSSR count). The number of anilines is 1. The smallest absolute Gasteiger partial charge is 0.304 e. The molecule has 0 heterocycles. The third kappa shape index (κ3) is 4.13. The molecule has 0 saturated heterocycles. The Balaban J connectivity index is 2.34. The van der Waals surface area contributed by atoms with Crippen LogP contribution in [0.2, 0.25) is 5.02 Å². The molecule has 0 aromatic heterocycles. The number of carbonyl (C=O) groups excluding carboxylic acids is 1. The average Bonchev–Trinajstić information content (AvgIpc) is 2.59. The van der Waals surface area contributed by atoms with Gasteiger partial charge >= 0.3 is 5.97 Å². The number of benzene rings is 2. The molecule has 126 valence electrons. The van der Waals surface area contributed by atoms with Gasteiger partial charge in [0.2, 0.25) is 0 Å². The van der Waals surface area contributed by atoms with Crippen LogP contribution < -0.4 is 10.6 Å². The number of amides is 1. The van der Waals surface area contributed by atoms with E-state index in [1.165, 1.54) is 4.90 Å². The van der Waals surface area contributed by atoms with Crippen molar-refractivity contribution in [3.05, 3.63) is 64.7 Å². The largest absolute Gasteiger partial charge is 0.481 e. The molecule has 6 heteroatoms. The van der Waals surface area contributed by atoms with Gasteiger partial charge in [-0.15, -0.1) is 0 Å². The van der Waals surface area contributed by atoms with E-state index in [9.17, 15) is 9.59 Å². The summed E-state index contributed by atoms with van der Waals surface area (Å²) in [6, 6.07) is 14.0. The number of aliphatic carboxylic acids is 1. The van der Waals surface area contributed by atoms with Crippen LogP contribution in [0.5, 0.6) is 0 Å². The minimum atomic E-state index is -0.921. The molecule has 0 spiro atoms. The number of halogens is 1. The van der Waals surface area contributed by atoms with Crippen LogP contribution in [0.1, 0.15) is 28.3 Å². The van der Waals surface area contributed by atoms with Crippen molar-refractivity contribution in [3.8, 4) is 0 Å². The van der Waals surface area contributed by atoms with E-state index in [-0.39, 0.29) is 24.8 Å². The van der Waals surface area contributed by atoms with E-state index in [4.69, 9.17) is 22.4 Å². The molecular weight excluding hydrogens is 328 g/mol. The van der Waals surface area contributed by atoms with Gasteiger partial charge < -0.3 is 15.7 Å². The van der Waals surface area contributed by atoms with Gasteiger partial charge in [0.1, 0.15) is 0 Å². The van der Waals surface area contributed by atoms with E-state index in [1.54, 1.807) is 49.5 Å². The Morgan fingerprint density at radius 3 is 2.46 bits per heavy atom. The van der Waals surface area contributed by atoms with Crippen molar-refractivity contribution in [1.82, 2.24) is 0 Å². The topological polar surface area (TPSA) is 83.6 Å². The molecule has 0 aliphatic heterocycles. The molecule has 0 bridgehead atoms. The highest BCUT2D eigenvalue weighted by Gasteiger charge is 2.19. The van der Waals surface area contributed by atoms with Crippen LogP contribution in [-0.2, 0) is 4.79 Å². The second-order valence-corrected chi connectivity index (χ2v) is 5.88. The number of carboxylic acid groups (broad SMARTS) is 1. The molecule has 0 unspecified atom stereocenters. The summed E-state index contributed by atoms with van der Waals surface area (Å²) in [5.74, 6) is -1.45. The Morgan fingerprint density at radius 2 is 1.88 bits per heavy atom. The predicted molar refractivity (Wildman–Crippen MR) is 94.7 cm³/mol. The fraction of sp³-hybridized carbons (Fsp3) is 0.222. The summed E-state index contributed by atoms with van der Waals surface area (Å²) in [4.78, 5) is 25.0. The quantitative estimate of drug-likeness (QED) is 0.841. The maximum atomic E-state index is 12.6. The molecule has 0 aliphatic rings. The minimum absolute atomic E-state index is 0.0755. The number of nitrogens with zero attached hydrogens (tertiary/aromatic N) is 1. The predicted octanol–water partition coefficient (Wildman–Crippen LogP) is 3.13. The first kappa shape index (κ1) is 18.0. The first-order chi connectivity index (χ1) is 11.4. The SMILES string of the molecule is CN(C(=O)c1ccccc1)c1cc([C@H](CN)CC(=O)O)ccc1Cl. The van der Waals surface area contributed by atoms with E-state index in [0.29, 0.717) is 16.3 Å². The van der Waals surface area contributed by atoms with Gasteiger partial charge in [0.15, 0.2) is 0 Å². The fourth-order valence-corrected chi connectivity index (χ4v) is 2.72. The van der Waals surface area contributed by atoms with Gasteiger partial charge in [0, 0.05) is 18.5 Å². The van der Waals surface area contributed by atoms with Crippen LogP contribution in [0.4, 0.5) is 5.69 Å². The molecule has 0 radical (unpaired) electrons. The van der Waals surface area contributed by atoms with Gasteiger partial charge in [0.05, 0.1) is 17.1 Å². The van der Waals surface area contributed by atoms with Crippen LogP contribution in [-0.4, -0.2) is 30.6 Å². The second-order valence-electron chi connectivity index (χ2n) is 5.47. The number of rotatable bonds is 6. The minimum Gasteiger partial charge on any atom is -0.481 e. The van der Waals surface area contributed by atoms with Gasteiger partial charge in [0.25, 0.3) is 5.91 Å². The van der Waals surface area contributed by atoms with Crippen molar-refractivity contribution in [2.24, 2.45) is 5.73 Å². The third-order valence-electron chi connectivity index (χ3n) is 3.83. The molecule has 0 fully saturated rings. The maximum Gasteiger partial charge on any atom is 0.304 e. The molecule has 0 saturated carbocycles. The molecular formula is C18H19ClN2O3. The molecule has 5 nitrogen and oxygen atoms in total. The molecule has 1 amide bonds. The van der Waals surface area contributed by atoms with Crippen molar-refractivity contribution in [2.75, 3.05) is 18.5 Å². The highest BCUT2D eigenvalue weighted by Crippen LogP contribution is 2.31. The summed E-state index contributed by atoms with van der Waals surface area (Å²) >= 11 is 6.23. The van der Waals surface area contributed by atoms with Crippen LogP contribution in [0.15, 0.2) is 48.5 Å². The molecule has 2 aromatic rings. The van der Waals surface area contributed by atoms with Crippen LogP contribution >= 0.6 is 11.6 Å². The standard InChI is InChI=1S/C18H19ClN2O3/c1-21(18(24)12-5-3-2-4-6-12)16-9-13(7-8-15(16)19)14(11-20)10-17(22)23/h2-9,14H,10-11,20H2,1H3,(H,22,23)/t14-/m0/s1. The van der Waals surface area contributed by atoms with Crippen LogP contribution in [0.3, 0.4) is 0 Å². The van der Waals surface area contributed by atoms with Crippen molar-refractivity contribution in [1.29, 1.82) is 0 Å². The monoisotopic (exact) mass is 346 g/mol. The zero-order valence-electron chi connectivity index (χ0n) is 13.3. The van der Waals surface area contributed by atoms with Crippen molar-refractivity contribution in [2.45, 2.75) is 12.3 Å². The highest BCUT2D eigenvalue weighted by molar-refractivity contribution is 6.34. The molecule has 2 aromatic carbocycles. The summed E-state index contributed by atoms with van der Waals surface area (Å²) in [7, 11) is 1.63. The number of carboxylic acids is 1. The summed E-state index contributed by atoms with van der Waals surface area (Å²) in [6.07, 6.45) is -0.0755. The first-order valence-corrected chi connectivity index (χ1v) is 7.86. The maximum absolute atomic E-state index is 12.6. The highest BCUT2D eigenvalue weighted by atomic mass is 35.5. The molecule has 1 atom stereocenters. The van der Waals surface area contributed by atoms with Gasteiger partial charge in [-0.05, 0) is 36.4 Å². The van der Waals surface area contributed by atoms with Gasteiger partial charge in [-0.2, -0.15) is 0 Å². The van der Waals surface area contributed by atoms with Crippen LogP contribution in [0.25, 0.3) is 0 Å². The van der Waals surface area contributed by atoms with E-state index in [0.717, 1.165) is 5.56 Å². The zero-order valence-corrected chi connectivity index (χ0v) is 14.0. The second kappa shape index (κ2) is 7.95. The van der Waals surface area contributed by atoms with E-state index < -0.39 is 5.97 Å². The number of nitrogens with two attached hydrogens (primary N) is 1. The number of carbonyl (C=O) groups is 2. The lowest BCUT2D eigenvalue weighted by molar-refractivity contribution is -0.137. The summed E-state index contributed by atoms with van der Waals surface area (Å²) in [6.45, 7) is 0.198. The Bertz CT molecular complexity index is 734. The zero-order chi connectivity index (χ0) is 17.7. The normalized spacial score (nSPS) is 11.8. The fourth-order valence-electron chi connectivity index (χ4n) is 2.47. The first-order valence-electron chi connectivity index (χ1n) is 7.48. The van der Waals surface area contributed by atoms with Crippen molar-refractivity contribution < 1.29 is 14.7 Å². The Labute approximate surface area is 145 Å². The number of hydrogen-bond donors (Lipinski definition) is 2. The third-order valence-corrected chi connectivity index (χ3v) is 4.15. The number of hydrogen-bond acceptors (Lipinski definition) is 3. The van der Waals surface area contributed by atoms with Gasteiger partial charge in [-0.1, -0.05) is 35.9 Å². The molecule has 0 aliphatic carbocycles. The van der Waals surface area contributed by atoms with Crippen molar-refractivity contribution in [3.63, 3.8) is 0 Å². The lowest BCUT2D eigenvalue weighted by Crippen LogP contribution is -2.27. The Hall–Kier alpha value is -2.37. The van der Waals surface area contributed by atoms with Gasteiger partial charge in [-0.3, -0.25) is 9.59 Å². The van der Waals surface area contributed by atoms with Crippen molar-refractivity contribution >= 4 is 29.2 Å². The van der Waals surface area contributed by atoms with E-state index in [1.807, 2.05) is 6.07 Å².